The van der Waals surface area contributed by atoms with Crippen LogP contribution in [-0.2, 0) is 6.42 Å². The Morgan fingerprint density at radius 3 is 2.96 bits per heavy atom. The number of fused-ring (bicyclic) bond motifs is 2. The number of aromatic nitrogens is 5. The Hall–Kier alpha value is -3.29. The maximum Gasteiger partial charge on any atom is 0.259 e. The third-order valence-electron chi connectivity index (χ3n) is 4.49. The number of nitrogens with zero attached hydrogens (tertiary/aromatic N) is 5. The lowest BCUT2D eigenvalue weighted by molar-refractivity contribution is 0.0955. The van der Waals surface area contributed by atoms with E-state index < -0.39 is 0 Å². The van der Waals surface area contributed by atoms with Gasteiger partial charge >= 0.3 is 0 Å². The van der Waals surface area contributed by atoms with Gasteiger partial charge < -0.3 is 9.84 Å². The Labute approximate surface area is 155 Å². The molecule has 0 saturated heterocycles. The van der Waals surface area contributed by atoms with E-state index in [0.29, 0.717) is 35.3 Å². The molecule has 0 aromatic carbocycles. The first-order chi connectivity index (χ1) is 13.0. The minimum absolute atomic E-state index is 0.175. The average molecular weight is 364 g/mol. The van der Waals surface area contributed by atoms with Gasteiger partial charge in [0.05, 0.1) is 16.6 Å². The molecule has 0 radical (unpaired) electrons. The van der Waals surface area contributed by atoms with E-state index in [-0.39, 0.29) is 11.8 Å². The Kier molecular flexibility index (Phi) is 4.31. The quantitative estimate of drug-likeness (QED) is 0.585. The summed E-state index contributed by atoms with van der Waals surface area (Å²) in [6, 6.07) is 7.55. The maximum absolute atomic E-state index is 12.8. The summed E-state index contributed by atoms with van der Waals surface area (Å²) in [7, 11) is 0. The van der Waals surface area contributed by atoms with Crippen LogP contribution in [0.2, 0.25) is 0 Å². The minimum atomic E-state index is -0.176. The van der Waals surface area contributed by atoms with Gasteiger partial charge in [-0.05, 0) is 31.0 Å². The second kappa shape index (κ2) is 6.79. The van der Waals surface area contributed by atoms with E-state index in [1.165, 1.54) is 0 Å². The van der Waals surface area contributed by atoms with E-state index in [9.17, 15) is 4.79 Å². The zero-order chi connectivity index (χ0) is 19.0. The number of aryl methyl sites for hydroxylation is 1. The first-order valence-electron chi connectivity index (χ1n) is 8.88. The summed E-state index contributed by atoms with van der Waals surface area (Å²) in [5.74, 6) is 0.799. The Morgan fingerprint density at radius 1 is 1.30 bits per heavy atom. The van der Waals surface area contributed by atoms with E-state index >= 15 is 0 Å². The van der Waals surface area contributed by atoms with Gasteiger partial charge in [0.25, 0.3) is 11.6 Å². The SMILES string of the molecule is Cc1noc2nc(C(C)C)cc(C(=O)NCCc3nnc4ccccn34)c12. The standard InChI is InChI=1S/C19H20N6O2/c1-11(2)14-10-13(17-12(3)24-27-19(17)21-14)18(26)20-8-7-16-23-22-15-6-4-5-9-25(15)16/h4-6,9-11H,7-8H2,1-3H3,(H,20,26). The number of rotatable bonds is 5. The molecule has 8 nitrogen and oxygen atoms in total. The van der Waals surface area contributed by atoms with Crippen molar-refractivity contribution in [1.82, 2.24) is 30.1 Å². The minimum Gasteiger partial charge on any atom is -0.352 e. The van der Waals surface area contributed by atoms with Gasteiger partial charge in [0, 0.05) is 24.9 Å². The van der Waals surface area contributed by atoms with Gasteiger partial charge in [-0.2, -0.15) is 0 Å². The van der Waals surface area contributed by atoms with Crippen LogP contribution >= 0.6 is 0 Å². The summed E-state index contributed by atoms with van der Waals surface area (Å²) in [5, 5.41) is 15.9. The van der Waals surface area contributed by atoms with Crippen molar-refractivity contribution < 1.29 is 9.32 Å². The summed E-state index contributed by atoms with van der Waals surface area (Å²) in [4.78, 5) is 17.3. The molecule has 27 heavy (non-hydrogen) atoms. The molecular weight excluding hydrogens is 344 g/mol. The third-order valence-corrected chi connectivity index (χ3v) is 4.49. The van der Waals surface area contributed by atoms with Gasteiger partial charge in [-0.3, -0.25) is 9.20 Å². The van der Waals surface area contributed by atoms with Crippen molar-refractivity contribution in [3.8, 4) is 0 Å². The van der Waals surface area contributed by atoms with Crippen molar-refractivity contribution in [2.75, 3.05) is 6.54 Å². The molecular formula is C19H20N6O2. The van der Waals surface area contributed by atoms with Crippen LogP contribution in [0.15, 0.2) is 35.0 Å². The molecule has 1 amide bonds. The number of carbonyl (C=O) groups excluding carboxylic acids is 1. The number of pyridine rings is 2. The molecule has 138 valence electrons. The smallest absolute Gasteiger partial charge is 0.259 e. The normalized spacial score (nSPS) is 11.6. The molecule has 4 heterocycles. The number of nitrogens with one attached hydrogen (secondary N) is 1. The van der Waals surface area contributed by atoms with Gasteiger partial charge in [0.15, 0.2) is 5.65 Å². The van der Waals surface area contributed by atoms with Crippen LogP contribution in [-0.4, -0.2) is 37.2 Å². The topological polar surface area (TPSA) is 98.2 Å². The number of hydrogen-bond acceptors (Lipinski definition) is 6. The van der Waals surface area contributed by atoms with Crippen LogP contribution in [0, 0.1) is 6.92 Å². The summed E-state index contributed by atoms with van der Waals surface area (Å²) in [6.07, 6.45) is 2.49. The van der Waals surface area contributed by atoms with Gasteiger partial charge in [0.1, 0.15) is 5.82 Å². The predicted octanol–water partition coefficient (Wildman–Crippen LogP) is 2.67. The molecule has 8 heteroatoms. The summed E-state index contributed by atoms with van der Waals surface area (Å²) >= 11 is 0. The second-order valence-corrected chi connectivity index (χ2v) is 6.75. The average Bonchev–Trinajstić information content (AvgIpc) is 3.25. The molecule has 1 N–H and O–H groups in total. The lowest BCUT2D eigenvalue weighted by Crippen LogP contribution is -2.26. The van der Waals surface area contributed by atoms with Crippen molar-refractivity contribution >= 4 is 22.7 Å². The van der Waals surface area contributed by atoms with Gasteiger partial charge in [0.2, 0.25) is 0 Å². The van der Waals surface area contributed by atoms with Gasteiger partial charge in [-0.1, -0.05) is 25.1 Å². The molecule has 4 aromatic heterocycles. The van der Waals surface area contributed by atoms with Crippen LogP contribution in [0.3, 0.4) is 0 Å². The van der Waals surface area contributed by atoms with Crippen molar-refractivity contribution in [2.24, 2.45) is 0 Å². The highest BCUT2D eigenvalue weighted by Crippen LogP contribution is 2.25. The van der Waals surface area contributed by atoms with E-state index in [2.05, 4.69) is 25.7 Å². The molecule has 0 bridgehead atoms. The molecule has 0 saturated carbocycles. The lowest BCUT2D eigenvalue weighted by atomic mass is 10.0. The van der Waals surface area contributed by atoms with Crippen LogP contribution in [0.1, 0.15) is 47.3 Å². The summed E-state index contributed by atoms with van der Waals surface area (Å²) < 4.78 is 7.19. The van der Waals surface area contributed by atoms with E-state index in [0.717, 1.165) is 17.2 Å². The Balaban J connectivity index is 1.55. The lowest BCUT2D eigenvalue weighted by Gasteiger charge is -2.09. The third kappa shape index (κ3) is 3.14. The number of hydrogen-bond donors (Lipinski definition) is 1. The summed E-state index contributed by atoms with van der Waals surface area (Å²) in [6.45, 7) is 6.30. The molecule has 4 aromatic rings. The number of amides is 1. The second-order valence-electron chi connectivity index (χ2n) is 6.75. The van der Waals surface area contributed by atoms with Crippen molar-refractivity contribution in [1.29, 1.82) is 0 Å². The molecule has 0 aliphatic heterocycles. The zero-order valence-corrected chi connectivity index (χ0v) is 15.4. The molecule has 0 aliphatic carbocycles. The largest absolute Gasteiger partial charge is 0.352 e. The van der Waals surface area contributed by atoms with Crippen LogP contribution < -0.4 is 5.32 Å². The van der Waals surface area contributed by atoms with Crippen molar-refractivity contribution in [3.05, 3.63) is 53.2 Å². The molecule has 0 aliphatic rings. The van der Waals surface area contributed by atoms with Crippen molar-refractivity contribution in [3.63, 3.8) is 0 Å². The predicted molar refractivity (Wildman–Crippen MR) is 99.7 cm³/mol. The Bertz CT molecular complexity index is 1130. The fourth-order valence-corrected chi connectivity index (χ4v) is 3.03. The molecule has 0 fully saturated rings. The van der Waals surface area contributed by atoms with Gasteiger partial charge in [-0.25, -0.2) is 4.98 Å². The first-order valence-corrected chi connectivity index (χ1v) is 8.88. The highest BCUT2D eigenvalue weighted by atomic mass is 16.5. The number of carbonyl (C=O) groups is 1. The van der Waals surface area contributed by atoms with E-state index in [4.69, 9.17) is 4.52 Å². The molecule has 4 rings (SSSR count). The fourth-order valence-electron chi connectivity index (χ4n) is 3.03. The Morgan fingerprint density at radius 2 is 2.15 bits per heavy atom. The van der Waals surface area contributed by atoms with Crippen LogP contribution in [0.5, 0.6) is 0 Å². The van der Waals surface area contributed by atoms with E-state index in [1.807, 2.05) is 55.6 Å². The maximum atomic E-state index is 12.8. The molecule has 0 spiro atoms. The monoisotopic (exact) mass is 364 g/mol. The first kappa shape index (κ1) is 17.1. The fraction of sp³-hybridized carbons (Fsp3) is 0.316. The van der Waals surface area contributed by atoms with Crippen molar-refractivity contribution in [2.45, 2.75) is 33.1 Å². The van der Waals surface area contributed by atoms with Crippen LogP contribution in [0.4, 0.5) is 0 Å². The van der Waals surface area contributed by atoms with Crippen LogP contribution in [0.25, 0.3) is 16.7 Å². The zero-order valence-electron chi connectivity index (χ0n) is 15.4. The highest BCUT2D eigenvalue weighted by Gasteiger charge is 2.19. The molecule has 0 atom stereocenters. The highest BCUT2D eigenvalue weighted by molar-refractivity contribution is 6.06. The molecule has 0 unspecified atom stereocenters. The van der Waals surface area contributed by atoms with Gasteiger partial charge in [-0.15, -0.1) is 10.2 Å². The van der Waals surface area contributed by atoms with E-state index in [1.54, 1.807) is 0 Å². The summed E-state index contributed by atoms with van der Waals surface area (Å²) in [5.41, 5.74) is 3.17.